The van der Waals surface area contributed by atoms with Gasteiger partial charge >= 0.3 is 5.97 Å². The summed E-state index contributed by atoms with van der Waals surface area (Å²) >= 11 is 0. The number of carbonyl (C=O) groups is 2. The van der Waals surface area contributed by atoms with Crippen LogP contribution in [0.3, 0.4) is 0 Å². The lowest BCUT2D eigenvalue weighted by molar-refractivity contribution is -0.129. The Hall–Kier alpha value is -3.60. The van der Waals surface area contributed by atoms with Crippen LogP contribution in [0, 0.1) is 0 Å². The second-order valence-electron chi connectivity index (χ2n) is 6.51. The average molecular weight is 389 g/mol. The average Bonchev–Trinajstić information content (AvgIpc) is 2.77. The highest BCUT2D eigenvalue weighted by atomic mass is 16.5. The molecule has 0 aliphatic heterocycles. The van der Waals surface area contributed by atoms with Gasteiger partial charge in [-0.3, -0.25) is 4.79 Å². The lowest BCUT2D eigenvalue weighted by Gasteiger charge is -2.15. The third kappa shape index (κ3) is 5.94. The molecule has 0 fully saturated rings. The molecule has 0 aliphatic carbocycles. The second kappa shape index (κ2) is 10.1. The summed E-state index contributed by atoms with van der Waals surface area (Å²) in [6.45, 7) is 2.16. The third-order valence-electron chi connectivity index (χ3n) is 4.34. The minimum atomic E-state index is -0.908. The van der Waals surface area contributed by atoms with Crippen molar-refractivity contribution < 1.29 is 19.1 Å². The van der Waals surface area contributed by atoms with E-state index in [1.54, 1.807) is 25.1 Å². The van der Waals surface area contributed by atoms with E-state index in [4.69, 9.17) is 9.47 Å². The Morgan fingerprint density at radius 2 is 1.48 bits per heavy atom. The molecule has 0 heterocycles. The van der Waals surface area contributed by atoms with Crippen molar-refractivity contribution in [1.29, 1.82) is 0 Å². The monoisotopic (exact) mass is 389 g/mol. The van der Waals surface area contributed by atoms with E-state index in [0.717, 1.165) is 5.56 Å². The minimum absolute atomic E-state index is 0.226. The van der Waals surface area contributed by atoms with E-state index < -0.39 is 12.1 Å². The number of esters is 1. The summed E-state index contributed by atoms with van der Waals surface area (Å²) in [6, 6.07) is 26.0. The molecule has 1 amide bonds. The van der Waals surface area contributed by atoms with E-state index in [1.807, 2.05) is 66.7 Å². The fourth-order valence-electron chi connectivity index (χ4n) is 2.73. The van der Waals surface area contributed by atoms with Gasteiger partial charge in [0.2, 0.25) is 0 Å². The number of para-hydroxylation sites is 1. The summed E-state index contributed by atoms with van der Waals surface area (Å²) in [7, 11) is 0. The van der Waals surface area contributed by atoms with Gasteiger partial charge in [0.25, 0.3) is 5.91 Å². The van der Waals surface area contributed by atoms with Gasteiger partial charge in [-0.15, -0.1) is 0 Å². The van der Waals surface area contributed by atoms with Gasteiger partial charge < -0.3 is 14.8 Å². The lowest BCUT2D eigenvalue weighted by Crippen LogP contribution is -2.35. The van der Waals surface area contributed by atoms with Gasteiger partial charge in [-0.05, 0) is 30.7 Å². The molecule has 3 aromatic rings. The standard InChI is InChI=1S/C24H23NO4/c1-18(23(26)25-16-19-10-4-2-5-11-19)29-24(27)22-15-9-8-12-20(22)17-28-21-13-6-3-7-14-21/h2-15,18H,16-17H2,1H3,(H,25,26). The van der Waals surface area contributed by atoms with Crippen LogP contribution in [0.15, 0.2) is 84.9 Å². The number of nitrogens with one attached hydrogen (secondary N) is 1. The normalized spacial score (nSPS) is 11.3. The Morgan fingerprint density at radius 3 is 2.21 bits per heavy atom. The molecule has 3 rings (SSSR count). The van der Waals surface area contributed by atoms with Crippen molar-refractivity contribution in [2.24, 2.45) is 0 Å². The summed E-state index contributed by atoms with van der Waals surface area (Å²) in [6.07, 6.45) is -0.908. The fourth-order valence-corrected chi connectivity index (χ4v) is 2.73. The highest BCUT2D eigenvalue weighted by Crippen LogP contribution is 2.16. The van der Waals surface area contributed by atoms with Gasteiger partial charge in [0, 0.05) is 12.1 Å². The first-order valence-electron chi connectivity index (χ1n) is 9.42. The molecule has 0 bridgehead atoms. The zero-order chi connectivity index (χ0) is 20.5. The highest BCUT2D eigenvalue weighted by Gasteiger charge is 2.20. The van der Waals surface area contributed by atoms with Gasteiger partial charge in [-0.1, -0.05) is 66.7 Å². The van der Waals surface area contributed by atoms with Crippen LogP contribution in [0.5, 0.6) is 5.75 Å². The zero-order valence-electron chi connectivity index (χ0n) is 16.2. The van der Waals surface area contributed by atoms with Crippen molar-refractivity contribution in [3.63, 3.8) is 0 Å². The number of benzene rings is 3. The van der Waals surface area contributed by atoms with Crippen LogP contribution in [-0.4, -0.2) is 18.0 Å². The quantitative estimate of drug-likeness (QED) is 0.589. The molecule has 1 unspecified atom stereocenters. The molecule has 3 aromatic carbocycles. The summed E-state index contributed by atoms with van der Waals surface area (Å²) in [5, 5.41) is 2.78. The Bertz CT molecular complexity index is 941. The molecule has 5 heteroatoms. The fraction of sp³-hybridized carbons (Fsp3) is 0.167. The van der Waals surface area contributed by atoms with Gasteiger partial charge in [-0.2, -0.15) is 0 Å². The molecule has 0 saturated carbocycles. The Kier molecular flexibility index (Phi) is 7.00. The Morgan fingerprint density at radius 1 is 0.862 bits per heavy atom. The second-order valence-corrected chi connectivity index (χ2v) is 6.51. The van der Waals surface area contributed by atoms with Crippen molar-refractivity contribution >= 4 is 11.9 Å². The number of amides is 1. The predicted molar refractivity (Wildman–Crippen MR) is 110 cm³/mol. The van der Waals surface area contributed by atoms with Crippen LogP contribution in [0.25, 0.3) is 0 Å². The van der Waals surface area contributed by atoms with Gasteiger partial charge in [0.05, 0.1) is 5.56 Å². The smallest absolute Gasteiger partial charge is 0.339 e. The topological polar surface area (TPSA) is 64.6 Å². The first-order chi connectivity index (χ1) is 14.1. The molecule has 0 radical (unpaired) electrons. The summed E-state index contributed by atoms with van der Waals surface area (Å²) in [5.74, 6) is -0.191. The Balaban J connectivity index is 1.57. The Labute approximate surface area is 170 Å². The molecule has 148 valence electrons. The largest absolute Gasteiger partial charge is 0.489 e. The number of hydrogen-bond acceptors (Lipinski definition) is 4. The van der Waals surface area contributed by atoms with Gasteiger partial charge in [-0.25, -0.2) is 4.79 Å². The van der Waals surface area contributed by atoms with Crippen LogP contribution in [-0.2, 0) is 22.7 Å². The third-order valence-corrected chi connectivity index (χ3v) is 4.34. The van der Waals surface area contributed by atoms with Gasteiger partial charge in [0.15, 0.2) is 6.10 Å². The molecule has 29 heavy (non-hydrogen) atoms. The number of rotatable bonds is 8. The van der Waals surface area contributed by atoms with E-state index in [0.29, 0.717) is 23.4 Å². The van der Waals surface area contributed by atoms with Crippen molar-refractivity contribution in [3.05, 3.63) is 102 Å². The van der Waals surface area contributed by atoms with Crippen LogP contribution < -0.4 is 10.1 Å². The van der Waals surface area contributed by atoms with Gasteiger partial charge in [0.1, 0.15) is 12.4 Å². The molecule has 5 nitrogen and oxygen atoms in total. The van der Waals surface area contributed by atoms with E-state index >= 15 is 0 Å². The highest BCUT2D eigenvalue weighted by molar-refractivity contribution is 5.93. The van der Waals surface area contributed by atoms with Crippen molar-refractivity contribution in [1.82, 2.24) is 5.32 Å². The molecule has 0 aliphatic rings. The molecular weight excluding hydrogens is 366 g/mol. The van der Waals surface area contributed by atoms with Crippen LogP contribution in [0.2, 0.25) is 0 Å². The molecule has 0 spiro atoms. The summed E-state index contributed by atoms with van der Waals surface area (Å²) < 4.78 is 11.1. The first-order valence-corrected chi connectivity index (χ1v) is 9.42. The molecular formula is C24H23NO4. The maximum atomic E-state index is 12.6. The maximum absolute atomic E-state index is 12.6. The van der Waals surface area contributed by atoms with E-state index in [1.165, 1.54) is 0 Å². The van der Waals surface area contributed by atoms with Crippen molar-refractivity contribution in [3.8, 4) is 5.75 Å². The van der Waals surface area contributed by atoms with Crippen molar-refractivity contribution in [2.75, 3.05) is 0 Å². The molecule has 0 aromatic heterocycles. The summed E-state index contributed by atoms with van der Waals surface area (Å²) in [4.78, 5) is 24.9. The van der Waals surface area contributed by atoms with E-state index in [9.17, 15) is 9.59 Å². The molecule has 0 saturated heterocycles. The van der Waals surface area contributed by atoms with Crippen molar-refractivity contribution in [2.45, 2.75) is 26.2 Å². The van der Waals surface area contributed by atoms with Crippen LogP contribution >= 0.6 is 0 Å². The maximum Gasteiger partial charge on any atom is 0.339 e. The number of carbonyl (C=O) groups excluding carboxylic acids is 2. The number of hydrogen-bond donors (Lipinski definition) is 1. The van der Waals surface area contributed by atoms with E-state index in [2.05, 4.69) is 5.32 Å². The van der Waals surface area contributed by atoms with Crippen LogP contribution in [0.4, 0.5) is 0 Å². The zero-order valence-corrected chi connectivity index (χ0v) is 16.2. The predicted octanol–water partition coefficient (Wildman–Crippen LogP) is 4.13. The molecule has 1 atom stereocenters. The number of ether oxygens (including phenoxy) is 2. The first kappa shape index (κ1) is 20.1. The molecule has 1 N–H and O–H groups in total. The SMILES string of the molecule is CC(OC(=O)c1ccccc1COc1ccccc1)C(=O)NCc1ccccc1. The van der Waals surface area contributed by atoms with Crippen LogP contribution in [0.1, 0.15) is 28.4 Å². The minimum Gasteiger partial charge on any atom is -0.489 e. The lowest BCUT2D eigenvalue weighted by atomic mass is 10.1. The summed E-state index contributed by atoms with van der Waals surface area (Å²) in [5.41, 5.74) is 2.05. The van der Waals surface area contributed by atoms with E-state index in [-0.39, 0.29) is 12.5 Å².